The molecule has 0 bridgehead atoms. The Kier molecular flexibility index (Phi) is 7.08. The fraction of sp³-hybridized carbons (Fsp3) is 0.160. The largest absolute Gasteiger partial charge is 0.354 e. The lowest BCUT2D eigenvalue weighted by Gasteiger charge is -2.35. The molecule has 3 aromatic carbocycles. The monoisotopic (exact) mass is 480 g/mol. The molecule has 0 unspecified atom stereocenters. The number of urea groups is 1. The zero-order chi connectivity index (χ0) is 24.1. The molecule has 0 saturated carbocycles. The molecule has 34 heavy (non-hydrogen) atoms. The summed E-state index contributed by atoms with van der Waals surface area (Å²) >= 11 is 5.89. The van der Waals surface area contributed by atoms with Gasteiger partial charge in [-0.15, -0.1) is 0 Å². The van der Waals surface area contributed by atoms with Crippen LogP contribution in [0, 0.1) is 5.82 Å². The summed E-state index contributed by atoms with van der Waals surface area (Å²) in [6.07, 6.45) is 0.630. The second-order valence-corrected chi connectivity index (χ2v) is 8.15. The van der Waals surface area contributed by atoms with Gasteiger partial charge in [0.25, 0.3) is 0 Å². The molecule has 0 atom stereocenters. The first-order valence-electron chi connectivity index (χ1n) is 10.7. The van der Waals surface area contributed by atoms with Crippen molar-refractivity contribution >= 4 is 46.5 Å². The van der Waals surface area contributed by atoms with Crippen molar-refractivity contribution in [1.82, 2.24) is 5.32 Å². The van der Waals surface area contributed by atoms with E-state index in [1.54, 1.807) is 36.4 Å². The predicted molar refractivity (Wildman–Crippen MR) is 130 cm³/mol. The van der Waals surface area contributed by atoms with Crippen LogP contribution < -0.4 is 20.4 Å². The summed E-state index contributed by atoms with van der Waals surface area (Å²) in [7, 11) is 0. The molecule has 1 aliphatic rings. The first-order chi connectivity index (χ1) is 16.4. The number of para-hydroxylation sites is 2. The Morgan fingerprint density at radius 3 is 2.32 bits per heavy atom. The van der Waals surface area contributed by atoms with Crippen LogP contribution in [-0.2, 0) is 16.0 Å². The molecule has 0 aliphatic carbocycles. The summed E-state index contributed by atoms with van der Waals surface area (Å²) < 4.78 is 13.1. The smallest absolute Gasteiger partial charge is 0.326 e. The minimum atomic E-state index is -0.528. The van der Waals surface area contributed by atoms with Crippen LogP contribution in [0.1, 0.15) is 5.56 Å². The van der Waals surface area contributed by atoms with Gasteiger partial charge in [0.05, 0.1) is 11.4 Å². The lowest BCUT2D eigenvalue weighted by atomic mass is 10.1. The molecule has 1 heterocycles. The van der Waals surface area contributed by atoms with E-state index in [1.165, 1.54) is 34.1 Å². The van der Waals surface area contributed by atoms with Gasteiger partial charge in [-0.05, 0) is 60.5 Å². The van der Waals surface area contributed by atoms with Crippen LogP contribution in [0.3, 0.4) is 0 Å². The fourth-order valence-electron chi connectivity index (χ4n) is 3.64. The molecule has 4 rings (SSSR count). The van der Waals surface area contributed by atoms with Crippen molar-refractivity contribution in [3.05, 3.63) is 89.2 Å². The number of rotatable bonds is 6. The summed E-state index contributed by atoms with van der Waals surface area (Å²) in [5.74, 6) is -1.11. The van der Waals surface area contributed by atoms with Crippen molar-refractivity contribution in [2.75, 3.05) is 34.8 Å². The summed E-state index contributed by atoms with van der Waals surface area (Å²) in [6, 6.07) is 19.1. The predicted octanol–water partition coefficient (Wildman–Crippen LogP) is 4.22. The number of nitrogens with zero attached hydrogens (tertiary/aromatic N) is 2. The van der Waals surface area contributed by atoms with Crippen molar-refractivity contribution in [3.8, 4) is 0 Å². The van der Waals surface area contributed by atoms with Gasteiger partial charge in [0.2, 0.25) is 11.8 Å². The van der Waals surface area contributed by atoms with Crippen LogP contribution in [0.2, 0.25) is 5.02 Å². The van der Waals surface area contributed by atoms with E-state index in [9.17, 15) is 18.8 Å². The molecule has 174 valence electrons. The summed E-state index contributed by atoms with van der Waals surface area (Å²) in [5.41, 5.74) is 2.39. The molecule has 1 aliphatic heterocycles. The highest BCUT2D eigenvalue weighted by Gasteiger charge is 2.33. The van der Waals surface area contributed by atoms with E-state index in [1.807, 2.05) is 12.1 Å². The highest BCUT2D eigenvalue weighted by atomic mass is 35.5. The van der Waals surface area contributed by atoms with E-state index < -0.39 is 11.8 Å². The molecular formula is C25H22ClFN4O3. The van der Waals surface area contributed by atoms with Gasteiger partial charge >= 0.3 is 6.03 Å². The number of halogens is 2. The second kappa shape index (κ2) is 10.4. The average molecular weight is 481 g/mol. The van der Waals surface area contributed by atoms with E-state index in [0.29, 0.717) is 35.1 Å². The number of hydrogen-bond donors (Lipinski definition) is 2. The number of amides is 4. The van der Waals surface area contributed by atoms with Gasteiger partial charge in [0, 0.05) is 17.3 Å². The molecule has 3 aromatic rings. The Morgan fingerprint density at radius 1 is 0.941 bits per heavy atom. The third-order valence-electron chi connectivity index (χ3n) is 5.35. The zero-order valence-electron chi connectivity index (χ0n) is 18.1. The van der Waals surface area contributed by atoms with Crippen LogP contribution in [0.15, 0.2) is 72.8 Å². The van der Waals surface area contributed by atoms with Crippen molar-refractivity contribution in [2.45, 2.75) is 6.42 Å². The highest BCUT2D eigenvalue weighted by molar-refractivity contribution is 6.30. The van der Waals surface area contributed by atoms with E-state index in [0.717, 1.165) is 5.56 Å². The van der Waals surface area contributed by atoms with Crippen LogP contribution in [0.25, 0.3) is 0 Å². The molecule has 0 saturated heterocycles. The van der Waals surface area contributed by atoms with Crippen LogP contribution in [0.4, 0.5) is 26.2 Å². The maximum atomic E-state index is 13.1. The summed E-state index contributed by atoms with van der Waals surface area (Å²) in [5, 5.41) is 6.14. The average Bonchev–Trinajstić information content (AvgIpc) is 2.83. The molecule has 0 spiro atoms. The minimum Gasteiger partial charge on any atom is -0.354 e. The first-order valence-corrected chi connectivity index (χ1v) is 11.0. The van der Waals surface area contributed by atoms with Crippen molar-refractivity contribution in [2.24, 2.45) is 0 Å². The van der Waals surface area contributed by atoms with Crippen LogP contribution >= 0.6 is 11.6 Å². The van der Waals surface area contributed by atoms with Gasteiger partial charge in [-0.2, -0.15) is 0 Å². The highest BCUT2D eigenvalue weighted by Crippen LogP contribution is 2.33. The van der Waals surface area contributed by atoms with E-state index in [-0.39, 0.29) is 24.9 Å². The first kappa shape index (κ1) is 23.3. The topological polar surface area (TPSA) is 81.8 Å². The maximum absolute atomic E-state index is 13.1. The summed E-state index contributed by atoms with van der Waals surface area (Å²) in [6.45, 7) is 0.0162. The number of anilines is 3. The molecule has 4 amide bonds. The van der Waals surface area contributed by atoms with Crippen molar-refractivity contribution in [1.29, 1.82) is 0 Å². The third kappa shape index (κ3) is 5.52. The maximum Gasteiger partial charge on any atom is 0.326 e. The Hall–Kier alpha value is -3.91. The minimum absolute atomic E-state index is 0.163. The van der Waals surface area contributed by atoms with Gasteiger partial charge < -0.3 is 10.6 Å². The van der Waals surface area contributed by atoms with Crippen LogP contribution in [0.5, 0.6) is 0 Å². The van der Waals surface area contributed by atoms with Gasteiger partial charge in [-0.25, -0.2) is 9.18 Å². The van der Waals surface area contributed by atoms with E-state index in [2.05, 4.69) is 10.6 Å². The number of benzene rings is 3. The Bertz CT molecular complexity index is 1200. The van der Waals surface area contributed by atoms with E-state index in [4.69, 9.17) is 11.6 Å². The molecule has 7 nitrogen and oxygen atoms in total. The van der Waals surface area contributed by atoms with Gasteiger partial charge in [-0.1, -0.05) is 35.9 Å². The Balaban J connectivity index is 1.41. The fourth-order valence-corrected chi connectivity index (χ4v) is 3.76. The standard InChI is InChI=1S/C25H22ClFN4O3/c26-18-7-5-17(6-8-18)13-14-28-23(32)15-30-21-3-1-2-4-22(21)31(16-24(30)33)25(34)29-20-11-9-19(27)10-12-20/h1-12H,13-16H2,(H,28,32)(H,29,34). The quantitative estimate of drug-likeness (QED) is 0.554. The van der Waals surface area contributed by atoms with Gasteiger partial charge in [-0.3, -0.25) is 19.4 Å². The number of fused-ring (bicyclic) bond motifs is 1. The SMILES string of the molecule is O=C(CN1C(=O)CN(C(=O)Nc2ccc(F)cc2)c2ccccc21)NCCc1ccc(Cl)cc1. The lowest BCUT2D eigenvalue weighted by Crippen LogP contribution is -2.52. The molecule has 0 radical (unpaired) electrons. The number of carbonyl (C=O) groups is 3. The van der Waals surface area contributed by atoms with Crippen LogP contribution in [-0.4, -0.2) is 37.5 Å². The summed E-state index contributed by atoms with van der Waals surface area (Å²) in [4.78, 5) is 41.0. The number of hydrogen-bond acceptors (Lipinski definition) is 3. The normalized spacial score (nSPS) is 12.8. The lowest BCUT2D eigenvalue weighted by molar-refractivity contribution is -0.123. The molecule has 0 aromatic heterocycles. The molecule has 2 N–H and O–H groups in total. The third-order valence-corrected chi connectivity index (χ3v) is 5.60. The Morgan fingerprint density at radius 2 is 1.62 bits per heavy atom. The number of carbonyl (C=O) groups excluding carboxylic acids is 3. The number of nitrogens with one attached hydrogen (secondary N) is 2. The Labute approximate surface area is 201 Å². The molecular weight excluding hydrogens is 459 g/mol. The van der Waals surface area contributed by atoms with Gasteiger partial charge in [0.1, 0.15) is 18.9 Å². The van der Waals surface area contributed by atoms with Crippen molar-refractivity contribution in [3.63, 3.8) is 0 Å². The second-order valence-electron chi connectivity index (χ2n) is 7.72. The zero-order valence-corrected chi connectivity index (χ0v) is 18.9. The van der Waals surface area contributed by atoms with E-state index >= 15 is 0 Å². The molecule has 0 fully saturated rings. The van der Waals surface area contributed by atoms with Crippen molar-refractivity contribution < 1.29 is 18.8 Å². The molecule has 9 heteroatoms. The van der Waals surface area contributed by atoms with Gasteiger partial charge in [0.15, 0.2) is 0 Å².